The van der Waals surface area contributed by atoms with Crippen LogP contribution in [0.5, 0.6) is 0 Å². The van der Waals surface area contributed by atoms with Gasteiger partial charge in [0, 0.05) is 64.7 Å². The number of benzene rings is 6. The van der Waals surface area contributed by atoms with Crippen molar-refractivity contribution in [1.82, 2.24) is 15.1 Å². The Kier molecular flexibility index (Phi) is 25.7. The van der Waals surface area contributed by atoms with Crippen molar-refractivity contribution >= 4 is 29.7 Å². The van der Waals surface area contributed by atoms with Crippen molar-refractivity contribution in [1.29, 1.82) is 0 Å². The molecule has 2 amide bonds. The number of hydrogen-bond acceptors (Lipinski definition) is 12. The molecule has 0 spiro atoms. The van der Waals surface area contributed by atoms with Crippen LogP contribution in [-0.2, 0) is 48.4 Å². The lowest BCUT2D eigenvalue weighted by Crippen LogP contribution is -2.53. The number of nitrogens with zero attached hydrogens (tertiary/aromatic N) is 2. The number of ketones is 2. The largest absolute Gasteiger partial charge is 0.478 e. The molecule has 0 aliphatic carbocycles. The third-order valence-electron chi connectivity index (χ3n) is 18.0. The maximum absolute atomic E-state index is 13.0. The monoisotopic (exact) mass is 1280 g/mol. The van der Waals surface area contributed by atoms with E-state index in [1.54, 1.807) is 15.9 Å². The van der Waals surface area contributed by atoms with Crippen molar-refractivity contribution < 1.29 is 62.4 Å². The van der Waals surface area contributed by atoms with Crippen molar-refractivity contribution in [2.45, 2.75) is 237 Å². The maximum atomic E-state index is 13.0. The van der Waals surface area contributed by atoms with E-state index >= 15 is 0 Å². The third-order valence-corrected chi connectivity index (χ3v) is 18.0. The first kappa shape index (κ1) is 74.5. The number of fused-ring (bicyclic) bond motifs is 3. The molecule has 6 aromatic rings. The van der Waals surface area contributed by atoms with Gasteiger partial charge in [-0.25, -0.2) is 14.4 Å². The third kappa shape index (κ3) is 20.7. The van der Waals surface area contributed by atoms with E-state index < -0.39 is 53.7 Å². The SMILES string of the molecule is Cc1cc(C)c(C(=O)O)cc1C.Cc1ccc2c(c1)CN(C(=O)OC(C)(C)C)[C@H]([C@H](O)CCC(=O)c1cc(C)c(C)cc1C)C2.Cc1ccc2c(c1)CN(C(=O)OC(C)(C)C)[C@H]([C@H](O)CN)C2.Cc1ccc2c(c1)CN[C@H]([C@H](O)CCC(=O)c1cc(C)c(C)cc1C)C2.[HH].[HH].[HH].[HH].[HH].[HH]. The fraction of sp³-hybridized carbons (Fsp3) is 0.474. The molecular weight excluding hydrogens is 1170 g/mol. The Hall–Kier alpha value is -7.53. The minimum Gasteiger partial charge on any atom is -0.478 e. The van der Waals surface area contributed by atoms with E-state index in [1.807, 2.05) is 141 Å². The summed E-state index contributed by atoms with van der Waals surface area (Å²) in [5, 5.41) is 44.2. The number of aliphatic hydroxyl groups excluding tert-OH is 3. The zero-order chi connectivity index (χ0) is 69.1. The molecule has 0 saturated carbocycles. The Balaban J connectivity index is 0.00000132. The second-order valence-electron chi connectivity index (χ2n) is 28.2. The molecule has 0 fully saturated rings. The van der Waals surface area contributed by atoms with Crippen LogP contribution in [-0.4, -0.2) is 114 Å². The summed E-state index contributed by atoms with van der Waals surface area (Å²) >= 11 is 0. The molecule has 6 aromatic carbocycles. The van der Waals surface area contributed by atoms with Crippen molar-refractivity contribution in [2.24, 2.45) is 5.73 Å². The molecule has 15 nitrogen and oxygen atoms in total. The molecule has 0 bridgehead atoms. The zero-order valence-electron chi connectivity index (χ0n) is 58.5. The van der Waals surface area contributed by atoms with Gasteiger partial charge in [0.1, 0.15) is 11.2 Å². The minimum atomic E-state index is -0.851. The average Bonchev–Trinajstić information content (AvgIpc) is 0.798. The number of carbonyl (C=O) groups excluding carboxylic acids is 4. The second-order valence-corrected chi connectivity index (χ2v) is 28.2. The van der Waals surface area contributed by atoms with Gasteiger partial charge in [-0.2, -0.15) is 0 Å². The van der Waals surface area contributed by atoms with E-state index in [9.17, 15) is 39.3 Å². The second kappa shape index (κ2) is 32.1. The Morgan fingerprint density at radius 2 is 0.817 bits per heavy atom. The van der Waals surface area contributed by atoms with Gasteiger partial charge in [0.2, 0.25) is 0 Å². The summed E-state index contributed by atoms with van der Waals surface area (Å²) in [5.41, 5.74) is 26.5. The van der Waals surface area contributed by atoms with E-state index in [2.05, 4.69) is 73.8 Å². The molecule has 514 valence electrons. The molecule has 0 radical (unpaired) electrons. The molecule has 3 aliphatic heterocycles. The van der Waals surface area contributed by atoms with Crippen LogP contribution in [0.15, 0.2) is 91.0 Å². The Labute approximate surface area is 562 Å². The van der Waals surface area contributed by atoms with Gasteiger partial charge in [-0.1, -0.05) is 89.5 Å². The topological polar surface area (TPSA) is 229 Å². The summed E-state index contributed by atoms with van der Waals surface area (Å²) in [7, 11) is 0. The summed E-state index contributed by atoms with van der Waals surface area (Å²) in [5.74, 6) is -0.711. The van der Waals surface area contributed by atoms with Crippen molar-refractivity contribution in [3.63, 3.8) is 0 Å². The highest BCUT2D eigenvalue weighted by Gasteiger charge is 2.39. The average molecular weight is 1290 g/mol. The minimum absolute atomic E-state index is 0. The first-order valence-corrected chi connectivity index (χ1v) is 32.7. The van der Waals surface area contributed by atoms with Gasteiger partial charge in [0.15, 0.2) is 11.6 Å². The van der Waals surface area contributed by atoms with Crippen molar-refractivity contribution in [3.05, 3.63) is 208 Å². The quantitative estimate of drug-likeness (QED) is 0.0592. The van der Waals surface area contributed by atoms with Crippen LogP contribution in [0.4, 0.5) is 9.59 Å². The molecule has 9 rings (SSSR count). The molecule has 6 atom stereocenters. The Bertz CT molecular complexity index is 3700. The van der Waals surface area contributed by atoms with Gasteiger partial charge in [0.05, 0.1) is 36.0 Å². The number of Topliss-reactive ketones (excluding diaryl/α,β-unsaturated/α-hetero) is 2. The van der Waals surface area contributed by atoms with Gasteiger partial charge in [-0.3, -0.25) is 19.4 Å². The maximum Gasteiger partial charge on any atom is 0.410 e. The van der Waals surface area contributed by atoms with Crippen LogP contribution in [0.3, 0.4) is 0 Å². The number of carboxylic acids is 1. The van der Waals surface area contributed by atoms with E-state index in [0.717, 1.165) is 96.4 Å². The fourth-order valence-electron chi connectivity index (χ4n) is 12.2. The summed E-state index contributed by atoms with van der Waals surface area (Å²) in [6.45, 7) is 36.7. The number of ether oxygens (including phenoxy) is 2. The lowest BCUT2D eigenvalue weighted by atomic mass is 9.88. The van der Waals surface area contributed by atoms with Crippen LogP contribution >= 0.6 is 0 Å². The van der Waals surface area contributed by atoms with Crippen LogP contribution in [0.1, 0.15) is 207 Å². The summed E-state index contributed by atoms with van der Waals surface area (Å²) in [6, 6.07) is 29.7. The van der Waals surface area contributed by atoms with E-state index in [-0.39, 0.29) is 51.6 Å². The molecule has 15 heteroatoms. The predicted octanol–water partition coefficient (Wildman–Crippen LogP) is 15.3. The number of nitrogens with one attached hydrogen (secondary N) is 1. The van der Waals surface area contributed by atoms with Gasteiger partial charge in [-0.15, -0.1) is 0 Å². The number of amides is 2. The van der Waals surface area contributed by atoms with Gasteiger partial charge in [-0.05, 0) is 258 Å². The number of carbonyl (C=O) groups is 5. The van der Waals surface area contributed by atoms with Crippen LogP contribution in [0.2, 0.25) is 0 Å². The van der Waals surface area contributed by atoms with E-state index in [0.29, 0.717) is 49.9 Å². The normalized spacial score (nSPS) is 16.8. The van der Waals surface area contributed by atoms with Crippen molar-refractivity contribution in [3.8, 4) is 0 Å². The highest BCUT2D eigenvalue weighted by molar-refractivity contribution is 5.98. The predicted molar refractivity (Wildman–Crippen MR) is 382 cm³/mol. The molecule has 0 unspecified atom stereocenters. The van der Waals surface area contributed by atoms with Crippen LogP contribution in [0.25, 0.3) is 0 Å². The summed E-state index contributed by atoms with van der Waals surface area (Å²) < 4.78 is 11.1. The Morgan fingerprint density at radius 3 is 1.20 bits per heavy atom. The lowest BCUT2D eigenvalue weighted by molar-refractivity contribution is -0.0136. The number of aryl methyl sites for hydroxylation is 12. The number of rotatable bonds is 13. The summed E-state index contributed by atoms with van der Waals surface area (Å²) in [6.07, 6.45) is 0.374. The molecular formula is C78H116N4O11. The van der Waals surface area contributed by atoms with E-state index in [4.69, 9.17) is 20.3 Å². The molecule has 3 heterocycles. The number of carboxylic acid groups (broad SMARTS) is 1. The highest BCUT2D eigenvalue weighted by atomic mass is 16.6. The summed E-state index contributed by atoms with van der Waals surface area (Å²) in [4.78, 5) is 65.0. The standard InChI is InChI=1S/C28H37NO4.C23H29NO2.C17H26N2O3.C10H12O2.6H2/c1-17-8-9-21-15-24(29(16-22(21)12-17)27(32)33-28(5,6)7)26(31)11-10-25(30)23-14-19(3)18(2)13-20(23)4;1-14-5-6-18-12-21(24-13-19(18)9-14)23(26)8-7-22(25)20-11-16(3)15(2)10-17(20)4;1-11-5-6-12-8-14(15(20)9-18)19(10-13(12)7-11)16(21)22-17(2,3)4;1-6-4-8(3)9(10(11)12)5-7(6)2;;;;;;/h8-9,12-14,24,26,31H,10-11,15-16H2,1-7H3;5-6,9-11,21,23-24,26H,7-8,12-13H2,1-4H3;5-7,14-15,20H,8-10,18H2,1-4H3;4-5H,1-3H3,(H,11,12);6*1H/t24-,26+;21-,23+;14-,15+;;;;;;;/m000......./s1. The molecule has 0 aromatic heterocycles. The molecule has 0 saturated heterocycles. The lowest BCUT2D eigenvalue weighted by Gasteiger charge is -2.40. The Morgan fingerprint density at radius 1 is 0.473 bits per heavy atom. The number of hydrogen-bond donors (Lipinski definition) is 6. The number of aromatic carboxylic acids is 1. The first-order valence-electron chi connectivity index (χ1n) is 32.7. The zero-order valence-corrected chi connectivity index (χ0v) is 58.5. The highest BCUT2D eigenvalue weighted by Crippen LogP contribution is 2.32. The van der Waals surface area contributed by atoms with E-state index in [1.165, 1.54) is 22.3 Å². The fourth-order valence-corrected chi connectivity index (χ4v) is 12.2. The molecule has 7 N–H and O–H groups in total. The van der Waals surface area contributed by atoms with Crippen LogP contribution < -0.4 is 11.1 Å². The first-order chi connectivity index (χ1) is 43.4. The smallest absolute Gasteiger partial charge is 0.410 e. The van der Waals surface area contributed by atoms with Gasteiger partial charge >= 0.3 is 18.2 Å². The molecule has 93 heavy (non-hydrogen) atoms. The van der Waals surface area contributed by atoms with Crippen LogP contribution in [0, 0.1) is 83.1 Å². The van der Waals surface area contributed by atoms with Gasteiger partial charge < -0.3 is 41.0 Å². The number of aliphatic hydroxyl groups is 3. The molecule has 3 aliphatic rings. The van der Waals surface area contributed by atoms with Crippen molar-refractivity contribution in [2.75, 3.05) is 6.54 Å². The van der Waals surface area contributed by atoms with Gasteiger partial charge in [0.25, 0.3) is 0 Å². The number of nitrogens with two attached hydrogens (primary N) is 1.